The molecule has 3 aromatic rings. The maximum Gasteiger partial charge on any atom is 0.294 e. The molecule has 1 aliphatic rings. The van der Waals surface area contributed by atoms with Crippen LogP contribution in [0.5, 0.6) is 0 Å². The van der Waals surface area contributed by atoms with Crippen LogP contribution in [0.25, 0.3) is 11.0 Å². The quantitative estimate of drug-likeness (QED) is 0.559. The van der Waals surface area contributed by atoms with Crippen molar-refractivity contribution in [3.05, 3.63) is 58.9 Å². The van der Waals surface area contributed by atoms with E-state index in [0.717, 1.165) is 61.4 Å². The summed E-state index contributed by atoms with van der Waals surface area (Å²) in [7, 11) is 0. The van der Waals surface area contributed by atoms with Crippen LogP contribution in [0.2, 0.25) is 0 Å². The van der Waals surface area contributed by atoms with Crippen molar-refractivity contribution in [3.8, 4) is 0 Å². The van der Waals surface area contributed by atoms with Crippen LogP contribution in [0.3, 0.4) is 0 Å². The number of para-hydroxylation sites is 2. The Balaban J connectivity index is 1.50. The first-order valence-corrected chi connectivity index (χ1v) is 12.0. The van der Waals surface area contributed by atoms with Gasteiger partial charge in [-0.1, -0.05) is 12.1 Å². The molecule has 0 bridgehead atoms. The Morgan fingerprint density at radius 1 is 1.00 bits per heavy atom. The number of rotatable bonds is 8. The smallest absolute Gasteiger partial charge is 0.294 e. The summed E-state index contributed by atoms with van der Waals surface area (Å²) in [5.41, 5.74) is 3.33. The van der Waals surface area contributed by atoms with Gasteiger partial charge in [-0.2, -0.15) is 0 Å². The molecule has 4 rings (SSSR count). The molecule has 0 saturated carbocycles. The van der Waals surface area contributed by atoms with Crippen LogP contribution in [0.15, 0.2) is 53.3 Å². The number of hydrogen-bond donors (Lipinski definition) is 1. The number of amides is 1. The predicted octanol–water partition coefficient (Wildman–Crippen LogP) is 4.26. The summed E-state index contributed by atoms with van der Waals surface area (Å²) in [6.45, 7) is 8.15. The van der Waals surface area contributed by atoms with E-state index in [1.54, 1.807) is 4.57 Å². The van der Waals surface area contributed by atoms with E-state index in [-0.39, 0.29) is 17.9 Å². The normalized spacial score (nSPS) is 13.8. The lowest BCUT2D eigenvalue weighted by atomic mass is 10.1. The number of aryl methyl sites for hydroxylation is 1. The average molecular weight is 448 g/mol. The van der Waals surface area contributed by atoms with Crippen LogP contribution in [-0.2, 0) is 11.3 Å². The van der Waals surface area contributed by atoms with Gasteiger partial charge >= 0.3 is 0 Å². The lowest BCUT2D eigenvalue weighted by Crippen LogP contribution is -2.37. The van der Waals surface area contributed by atoms with Crippen molar-refractivity contribution in [2.45, 2.75) is 46.1 Å². The Labute approximate surface area is 195 Å². The molecule has 0 radical (unpaired) electrons. The van der Waals surface area contributed by atoms with E-state index in [9.17, 15) is 9.59 Å². The molecule has 0 atom stereocenters. The summed E-state index contributed by atoms with van der Waals surface area (Å²) < 4.78 is 1.70. The van der Waals surface area contributed by atoms with Gasteiger partial charge in [-0.25, -0.2) is 4.98 Å². The van der Waals surface area contributed by atoms with Crippen molar-refractivity contribution in [1.82, 2.24) is 9.55 Å². The molecular weight excluding hydrogens is 414 g/mol. The summed E-state index contributed by atoms with van der Waals surface area (Å²) in [5, 5.41) is 2.96. The van der Waals surface area contributed by atoms with Gasteiger partial charge in [0.2, 0.25) is 5.91 Å². The maximum absolute atomic E-state index is 13.3. The number of piperidine rings is 1. The summed E-state index contributed by atoms with van der Waals surface area (Å²) >= 11 is 0. The van der Waals surface area contributed by atoms with Crippen LogP contribution >= 0.6 is 0 Å². The number of aromatic nitrogens is 2. The third-order valence-corrected chi connectivity index (χ3v) is 6.33. The number of hydrogen-bond acceptors (Lipinski definition) is 5. The minimum atomic E-state index is -0.119. The number of anilines is 3. The van der Waals surface area contributed by atoms with Gasteiger partial charge in [0.15, 0.2) is 5.82 Å². The molecule has 7 nitrogen and oxygen atoms in total. The Kier molecular flexibility index (Phi) is 7.27. The SMILES string of the molecule is CCN(CC)c1ccc(NC(=O)CCn2c(=O)c(N3CCCCC3)nc3ccccc32)cc1. The standard InChI is InChI=1S/C26H33N5O2/c1-3-29(4-2)21-14-12-20(13-15-21)27-24(32)16-19-31-23-11-7-6-10-22(23)28-25(26(31)33)30-17-8-5-9-18-30/h6-7,10-15H,3-5,8-9,16-19H2,1-2H3,(H,27,32). The van der Waals surface area contributed by atoms with Gasteiger partial charge in [0.05, 0.1) is 11.0 Å². The zero-order chi connectivity index (χ0) is 23.2. The highest BCUT2D eigenvalue weighted by molar-refractivity contribution is 5.91. The van der Waals surface area contributed by atoms with Crippen LogP contribution in [0.1, 0.15) is 39.5 Å². The highest BCUT2D eigenvalue weighted by Gasteiger charge is 2.19. The van der Waals surface area contributed by atoms with Gasteiger partial charge in [0.1, 0.15) is 0 Å². The third kappa shape index (κ3) is 5.18. The lowest BCUT2D eigenvalue weighted by Gasteiger charge is -2.27. The second-order valence-electron chi connectivity index (χ2n) is 8.45. The lowest BCUT2D eigenvalue weighted by molar-refractivity contribution is -0.116. The molecule has 1 aliphatic heterocycles. The fraction of sp³-hybridized carbons (Fsp3) is 0.423. The van der Waals surface area contributed by atoms with Gasteiger partial charge in [0, 0.05) is 50.5 Å². The maximum atomic E-state index is 13.3. The molecule has 174 valence electrons. The molecular formula is C26H33N5O2. The van der Waals surface area contributed by atoms with Crippen LogP contribution in [0, 0.1) is 0 Å². The second-order valence-corrected chi connectivity index (χ2v) is 8.45. The van der Waals surface area contributed by atoms with Gasteiger partial charge in [-0.05, 0) is 69.5 Å². The average Bonchev–Trinajstić information content (AvgIpc) is 2.85. The highest BCUT2D eigenvalue weighted by Crippen LogP contribution is 2.20. The minimum absolute atomic E-state index is 0.113. The van der Waals surface area contributed by atoms with E-state index in [2.05, 4.69) is 33.9 Å². The number of nitrogens with zero attached hydrogens (tertiary/aromatic N) is 4. The van der Waals surface area contributed by atoms with Crippen LogP contribution in [-0.4, -0.2) is 41.6 Å². The van der Waals surface area contributed by atoms with E-state index in [1.165, 1.54) is 6.42 Å². The fourth-order valence-corrected chi connectivity index (χ4v) is 4.49. The Morgan fingerprint density at radius 3 is 2.39 bits per heavy atom. The van der Waals surface area contributed by atoms with Gasteiger partial charge in [-0.15, -0.1) is 0 Å². The molecule has 7 heteroatoms. The number of nitrogens with one attached hydrogen (secondary N) is 1. The first kappa shape index (κ1) is 22.8. The topological polar surface area (TPSA) is 70.5 Å². The van der Waals surface area contributed by atoms with Crippen molar-refractivity contribution in [2.24, 2.45) is 0 Å². The number of fused-ring (bicyclic) bond motifs is 1. The highest BCUT2D eigenvalue weighted by atomic mass is 16.2. The predicted molar refractivity (Wildman–Crippen MR) is 135 cm³/mol. The number of benzene rings is 2. The van der Waals surface area contributed by atoms with Crippen molar-refractivity contribution >= 4 is 34.1 Å². The van der Waals surface area contributed by atoms with Gasteiger partial charge in [0.25, 0.3) is 5.56 Å². The number of carbonyl (C=O) groups is 1. The largest absolute Gasteiger partial charge is 0.372 e. The van der Waals surface area contributed by atoms with Crippen molar-refractivity contribution < 1.29 is 4.79 Å². The van der Waals surface area contributed by atoms with Gasteiger partial charge < -0.3 is 19.7 Å². The molecule has 0 spiro atoms. The van der Waals surface area contributed by atoms with E-state index >= 15 is 0 Å². The van der Waals surface area contributed by atoms with E-state index in [1.807, 2.05) is 48.5 Å². The summed E-state index contributed by atoms with van der Waals surface area (Å²) in [5.74, 6) is 0.388. The molecule has 1 saturated heterocycles. The molecule has 1 fully saturated rings. The van der Waals surface area contributed by atoms with E-state index in [0.29, 0.717) is 12.4 Å². The molecule has 0 aliphatic carbocycles. The first-order chi connectivity index (χ1) is 16.1. The third-order valence-electron chi connectivity index (χ3n) is 6.33. The molecule has 2 aromatic carbocycles. The first-order valence-electron chi connectivity index (χ1n) is 12.0. The molecule has 0 unspecified atom stereocenters. The molecule has 33 heavy (non-hydrogen) atoms. The summed E-state index contributed by atoms with van der Waals surface area (Å²) in [6.07, 6.45) is 3.55. The number of carbonyl (C=O) groups excluding carboxylic acids is 1. The molecule has 1 N–H and O–H groups in total. The molecule has 1 aromatic heterocycles. The molecule has 1 amide bonds. The Hall–Kier alpha value is -3.35. The van der Waals surface area contributed by atoms with Crippen molar-refractivity contribution in [2.75, 3.05) is 41.3 Å². The summed E-state index contributed by atoms with van der Waals surface area (Å²) in [4.78, 5) is 35.0. The molecule has 2 heterocycles. The Morgan fingerprint density at radius 2 is 1.70 bits per heavy atom. The zero-order valence-corrected chi connectivity index (χ0v) is 19.6. The van der Waals surface area contributed by atoms with E-state index < -0.39 is 0 Å². The monoisotopic (exact) mass is 447 g/mol. The minimum Gasteiger partial charge on any atom is -0.372 e. The van der Waals surface area contributed by atoms with Crippen molar-refractivity contribution in [3.63, 3.8) is 0 Å². The van der Waals surface area contributed by atoms with Crippen LogP contribution in [0.4, 0.5) is 17.2 Å². The van der Waals surface area contributed by atoms with Crippen LogP contribution < -0.4 is 20.7 Å². The van der Waals surface area contributed by atoms with Crippen molar-refractivity contribution in [1.29, 1.82) is 0 Å². The van der Waals surface area contributed by atoms with Gasteiger partial charge in [-0.3, -0.25) is 9.59 Å². The zero-order valence-electron chi connectivity index (χ0n) is 19.6. The van der Waals surface area contributed by atoms with E-state index in [4.69, 9.17) is 0 Å². The second kappa shape index (κ2) is 10.5. The Bertz CT molecular complexity index is 1150. The summed E-state index contributed by atoms with van der Waals surface area (Å²) in [6, 6.07) is 15.5. The fourth-order valence-electron chi connectivity index (χ4n) is 4.49.